The van der Waals surface area contributed by atoms with Gasteiger partial charge >= 0.3 is 6.18 Å². The molecule has 0 saturated heterocycles. The van der Waals surface area contributed by atoms with Crippen LogP contribution in [0.1, 0.15) is 31.0 Å². The third-order valence-electron chi connectivity index (χ3n) is 4.89. The fraction of sp³-hybridized carbons (Fsp3) is 0.250. The van der Waals surface area contributed by atoms with Gasteiger partial charge in [0.15, 0.2) is 5.60 Å². The molecule has 1 aromatic heterocycles. The summed E-state index contributed by atoms with van der Waals surface area (Å²) in [6.45, 7) is 2.63. The Kier molecular flexibility index (Phi) is 7.56. The van der Waals surface area contributed by atoms with Gasteiger partial charge in [-0.05, 0) is 44.2 Å². The molecule has 1 heterocycles. The summed E-state index contributed by atoms with van der Waals surface area (Å²) in [4.78, 5) is 19.9. The number of nitrogens with zero attached hydrogens (tertiary/aromatic N) is 4. The molecule has 0 saturated carbocycles. The van der Waals surface area contributed by atoms with E-state index < -0.39 is 40.7 Å². The first-order chi connectivity index (χ1) is 14.9. The van der Waals surface area contributed by atoms with Crippen LogP contribution in [0.15, 0.2) is 42.6 Å². The van der Waals surface area contributed by atoms with Crippen molar-refractivity contribution in [3.63, 3.8) is 0 Å². The molecule has 1 amide bonds. The van der Waals surface area contributed by atoms with Crippen LogP contribution in [0.3, 0.4) is 0 Å². The average Bonchev–Trinajstić information content (AvgIpc) is 3.19. The van der Waals surface area contributed by atoms with Gasteiger partial charge in [-0.1, -0.05) is 6.07 Å². The molecule has 3 aromatic rings. The van der Waals surface area contributed by atoms with Crippen LogP contribution in [0.5, 0.6) is 0 Å². The monoisotopic (exact) mass is 702 g/mol. The summed E-state index contributed by atoms with van der Waals surface area (Å²) in [5, 5.41) is 26.2. The number of benzene rings is 2. The quantitative estimate of drug-likeness (QED) is 0.391. The number of amides is 1. The van der Waals surface area contributed by atoms with Gasteiger partial charge in [0.05, 0.1) is 34.1 Å². The number of hydrogen-bond acceptors (Lipinski definition) is 5. The van der Waals surface area contributed by atoms with Gasteiger partial charge in [0.2, 0.25) is 0 Å². The number of fused-ring (bicyclic) bond motifs is 1. The van der Waals surface area contributed by atoms with E-state index in [2.05, 4.69) is 10.4 Å². The standard InChI is InChI=1S/C20H16F4N4O2.Es.NO/c1-11(28-10-14-16(21)4-3-5-17(14)27-28)19(2,30)18(29)26-13-7-6-12(9-25)15(8-13)20(22,23)24;;1-2/h3-8,10-11,30H,1-2H3,(H,26,29);;/q;;-1/t11?,19-;;/m0../s1. The fourth-order valence-corrected chi connectivity index (χ4v) is 2.88. The van der Waals surface area contributed by atoms with Gasteiger partial charge in [0.1, 0.15) is 5.82 Å². The molecule has 0 bridgehead atoms. The SMILES string of the molecule is CC(n1cc2c(F)cccc2n1)[C@](C)(O)C(=O)Nc1ccc(C#N)c(C(F)(F)F)c1.[Es].[N-]=O. The Morgan fingerprint density at radius 2 is 1.91 bits per heavy atom. The minimum atomic E-state index is -4.79. The van der Waals surface area contributed by atoms with Crippen molar-refractivity contribution >= 4 is 22.5 Å². The Morgan fingerprint density at radius 3 is 2.45 bits per heavy atom. The first kappa shape index (κ1) is 26.2. The van der Waals surface area contributed by atoms with E-state index in [1.54, 1.807) is 6.07 Å². The molecule has 13 heteroatoms. The van der Waals surface area contributed by atoms with Crippen LogP contribution >= 0.6 is 0 Å². The molecule has 0 aliphatic rings. The maximum Gasteiger partial charge on any atom is 0.417 e. The summed E-state index contributed by atoms with van der Waals surface area (Å²) in [6.07, 6.45) is -3.46. The number of halogens is 4. The third-order valence-corrected chi connectivity index (χ3v) is 4.89. The zero-order valence-corrected chi connectivity index (χ0v) is 19.5. The molecule has 1 unspecified atom stereocenters. The number of nitrogens with one attached hydrogen (secondary N) is 1. The van der Waals surface area contributed by atoms with E-state index in [1.165, 1.54) is 42.9 Å². The Morgan fingerprint density at radius 1 is 1.27 bits per heavy atom. The normalized spacial score (nSPS) is 13.5. The molecule has 1 radical (unpaired) electrons. The number of nitroso groups, excluding NO2 is 1. The molecule has 3 rings (SSSR count). The second-order valence-corrected chi connectivity index (χ2v) is 6.93. The number of anilines is 1. The zero-order valence-electron chi connectivity index (χ0n) is 17.0. The topological polar surface area (TPSA) is 130 Å². The second kappa shape index (κ2) is 9.52. The largest absolute Gasteiger partial charge is 0.577 e. The van der Waals surface area contributed by atoms with E-state index in [4.69, 9.17) is 15.8 Å². The first-order valence-electron chi connectivity index (χ1n) is 8.92. The average molecular weight is 702 g/mol. The molecule has 2 atom stereocenters. The summed E-state index contributed by atoms with van der Waals surface area (Å²) in [6, 6.07) is 7.41. The van der Waals surface area contributed by atoms with Crippen LogP contribution in [-0.4, -0.2) is 26.4 Å². The Bertz CT molecular complexity index is 1190. The molecular weight excluding hydrogens is 686 g/mol. The third kappa shape index (κ3) is 5.08. The van der Waals surface area contributed by atoms with Crippen molar-refractivity contribution in [2.45, 2.75) is 31.7 Å². The van der Waals surface area contributed by atoms with E-state index in [1.807, 2.05) is 0 Å². The number of hydrogen-bond donors (Lipinski definition) is 2. The fourth-order valence-electron chi connectivity index (χ4n) is 2.88. The number of aliphatic hydroxyl groups is 1. The maximum absolute atomic E-state index is 13.9. The Labute approximate surface area is 178 Å². The van der Waals surface area contributed by atoms with Crippen molar-refractivity contribution in [3.05, 3.63) is 70.0 Å². The van der Waals surface area contributed by atoms with Gasteiger partial charge in [-0.2, -0.15) is 23.5 Å². The molecule has 0 aliphatic carbocycles. The molecule has 2 N–H and O–H groups in total. The molecule has 179 valence electrons. The van der Waals surface area contributed by atoms with Gasteiger partial charge in [-0.25, -0.2) is 4.39 Å². The molecule has 8 nitrogen and oxygen atoms in total. The number of nitriles is 1. The number of rotatable bonds is 4. The van der Waals surface area contributed by atoms with Crippen LogP contribution in [0.4, 0.5) is 23.2 Å². The van der Waals surface area contributed by atoms with Gasteiger partial charge in [0, 0.05) is 11.9 Å². The van der Waals surface area contributed by atoms with Gasteiger partial charge in [-0.3, -0.25) is 9.48 Å². The van der Waals surface area contributed by atoms with Gasteiger partial charge in [0.25, 0.3) is 5.91 Å². The van der Waals surface area contributed by atoms with Crippen molar-refractivity contribution in [3.8, 4) is 6.07 Å². The van der Waals surface area contributed by atoms with Gasteiger partial charge < -0.3 is 20.9 Å². The predicted molar refractivity (Wildman–Crippen MR) is 107 cm³/mol. The number of carbonyl (C=O) groups excluding carboxylic acids is 1. The van der Waals surface area contributed by atoms with E-state index in [0.29, 0.717) is 11.6 Å². The van der Waals surface area contributed by atoms with Crippen LogP contribution in [0.25, 0.3) is 16.5 Å². The zero-order chi connectivity index (χ0) is 24.3. The molecular formula is C20H16EsF4N5O3-. The van der Waals surface area contributed by atoms with Crippen molar-refractivity contribution < 1.29 is 27.5 Å². The molecule has 0 fully saturated rings. The van der Waals surface area contributed by atoms with Crippen molar-refractivity contribution in [1.29, 1.82) is 5.26 Å². The maximum atomic E-state index is 13.9. The Balaban J connectivity index is 0.00000177. The molecule has 0 spiro atoms. The number of aromatic nitrogens is 2. The molecule has 33 heavy (non-hydrogen) atoms. The minimum absolute atomic E-state index is 0. The number of alkyl halides is 3. The summed E-state index contributed by atoms with van der Waals surface area (Å²) in [7, 11) is 0. The van der Waals surface area contributed by atoms with Crippen LogP contribution < -0.4 is 5.32 Å². The van der Waals surface area contributed by atoms with Crippen LogP contribution in [-0.2, 0) is 11.0 Å². The predicted octanol–water partition coefficient (Wildman–Crippen LogP) is 4.34. The van der Waals surface area contributed by atoms with Crippen molar-refractivity contribution in [1.82, 2.24) is 9.78 Å². The van der Waals surface area contributed by atoms with E-state index in [-0.39, 0.29) is 11.1 Å². The second-order valence-electron chi connectivity index (χ2n) is 6.93. The van der Waals surface area contributed by atoms with Crippen molar-refractivity contribution in [2.24, 2.45) is 0 Å². The summed E-state index contributed by atoms with van der Waals surface area (Å²) >= 11 is 0. The smallest absolute Gasteiger partial charge is 0.417 e. The minimum Gasteiger partial charge on any atom is -0.577 e. The molecule has 0 aliphatic heterocycles. The summed E-state index contributed by atoms with van der Waals surface area (Å²) in [5.74, 6) is -1.51. The summed E-state index contributed by atoms with van der Waals surface area (Å²) < 4.78 is 54.5. The molecule has 2 aromatic carbocycles. The van der Waals surface area contributed by atoms with E-state index in [0.717, 1.165) is 12.1 Å². The van der Waals surface area contributed by atoms with Gasteiger partial charge in [-0.15, -0.1) is 0 Å². The van der Waals surface area contributed by atoms with Crippen molar-refractivity contribution in [2.75, 3.05) is 5.32 Å². The Hall–Kier alpha value is -4.85. The number of carbonyl (C=O) groups is 1. The van der Waals surface area contributed by atoms with E-state index >= 15 is 0 Å². The van der Waals surface area contributed by atoms with E-state index in [9.17, 15) is 27.5 Å². The van der Waals surface area contributed by atoms with Crippen LogP contribution in [0, 0.1) is 22.1 Å². The summed E-state index contributed by atoms with van der Waals surface area (Å²) in [5.41, 5.74) is 1.93. The first-order valence-corrected chi connectivity index (χ1v) is 8.92. The van der Waals surface area contributed by atoms with Crippen LogP contribution in [0.2, 0.25) is 0 Å².